The van der Waals surface area contributed by atoms with Crippen LogP contribution in [0.1, 0.15) is 12.8 Å². The number of anilines is 1. The highest BCUT2D eigenvalue weighted by Gasteiger charge is 2.34. The van der Waals surface area contributed by atoms with Gasteiger partial charge in [0.15, 0.2) is 0 Å². The van der Waals surface area contributed by atoms with Crippen LogP contribution < -0.4 is 10.2 Å². The summed E-state index contributed by atoms with van der Waals surface area (Å²) >= 11 is 0. The molecule has 0 bridgehead atoms. The van der Waals surface area contributed by atoms with Crippen LogP contribution in [0.3, 0.4) is 0 Å². The summed E-state index contributed by atoms with van der Waals surface area (Å²) < 4.78 is 29.7. The average Bonchev–Trinajstić information content (AvgIpc) is 3.00. The molecule has 2 amide bonds. The second-order valence-corrected chi connectivity index (χ2v) is 8.62. The second-order valence-electron chi connectivity index (χ2n) is 6.63. The molecule has 2 aliphatic heterocycles. The smallest absolute Gasteiger partial charge is 0.414 e. The molecule has 9 heteroatoms. The minimum atomic E-state index is -3.20. The van der Waals surface area contributed by atoms with E-state index >= 15 is 0 Å². The number of para-hydroxylation sites is 1. The number of ether oxygens (including phenoxy) is 1. The van der Waals surface area contributed by atoms with Crippen LogP contribution in [0.5, 0.6) is 0 Å². The zero-order valence-electron chi connectivity index (χ0n) is 14.6. The first-order valence-corrected chi connectivity index (χ1v) is 10.5. The van der Waals surface area contributed by atoms with Crippen molar-refractivity contribution in [3.63, 3.8) is 0 Å². The molecule has 3 rings (SSSR count). The number of sulfonamides is 1. The van der Waals surface area contributed by atoms with Gasteiger partial charge in [-0.15, -0.1) is 0 Å². The fraction of sp³-hybridized carbons (Fsp3) is 0.529. The summed E-state index contributed by atoms with van der Waals surface area (Å²) in [5, 5.41) is 2.83. The molecule has 1 atom stereocenters. The predicted molar refractivity (Wildman–Crippen MR) is 96.2 cm³/mol. The molecule has 2 fully saturated rings. The van der Waals surface area contributed by atoms with Gasteiger partial charge in [0.1, 0.15) is 6.10 Å². The van der Waals surface area contributed by atoms with Crippen LogP contribution in [0.4, 0.5) is 10.5 Å². The zero-order chi connectivity index (χ0) is 18.7. The second kappa shape index (κ2) is 7.63. The largest absolute Gasteiger partial charge is 0.442 e. The van der Waals surface area contributed by atoms with E-state index < -0.39 is 22.2 Å². The lowest BCUT2D eigenvalue weighted by Crippen LogP contribution is -2.44. The Morgan fingerprint density at radius 2 is 1.88 bits per heavy atom. The maximum Gasteiger partial charge on any atom is 0.414 e. The van der Waals surface area contributed by atoms with E-state index in [-0.39, 0.29) is 18.4 Å². The van der Waals surface area contributed by atoms with Gasteiger partial charge in [0.05, 0.1) is 19.3 Å². The molecule has 0 radical (unpaired) electrons. The Labute approximate surface area is 153 Å². The molecule has 2 saturated heterocycles. The Kier molecular flexibility index (Phi) is 5.47. The predicted octanol–water partition coefficient (Wildman–Crippen LogP) is 0.800. The van der Waals surface area contributed by atoms with Crippen molar-refractivity contribution in [2.75, 3.05) is 37.3 Å². The Bertz CT molecular complexity index is 760. The molecule has 26 heavy (non-hydrogen) atoms. The van der Waals surface area contributed by atoms with Gasteiger partial charge in [0.2, 0.25) is 15.9 Å². The van der Waals surface area contributed by atoms with Crippen molar-refractivity contribution in [2.24, 2.45) is 5.92 Å². The molecule has 2 aliphatic rings. The molecular formula is C17H23N3O5S. The van der Waals surface area contributed by atoms with Gasteiger partial charge in [0, 0.05) is 24.7 Å². The highest BCUT2D eigenvalue weighted by atomic mass is 32.2. The van der Waals surface area contributed by atoms with Gasteiger partial charge in [-0.2, -0.15) is 0 Å². The number of cyclic esters (lactones) is 1. The molecular weight excluding hydrogens is 358 g/mol. The minimum absolute atomic E-state index is 0.118. The van der Waals surface area contributed by atoms with Crippen LogP contribution in [0.15, 0.2) is 30.3 Å². The third kappa shape index (κ3) is 4.34. The summed E-state index contributed by atoms with van der Waals surface area (Å²) in [6.07, 6.45) is 1.36. The number of amides is 2. The normalized spacial score (nSPS) is 22.3. The Morgan fingerprint density at radius 1 is 1.23 bits per heavy atom. The first kappa shape index (κ1) is 18.7. The standard InChI is InChI=1S/C17H23N3O5S/c1-26(23,24)19-9-7-13(8-10-19)16(21)18-11-15-12-20(17(22)25-15)14-5-3-2-4-6-14/h2-6,13,15H,7-12H2,1H3,(H,18,21). The molecule has 1 aromatic carbocycles. The van der Waals surface area contributed by atoms with Gasteiger partial charge >= 0.3 is 6.09 Å². The molecule has 1 aromatic rings. The summed E-state index contributed by atoms with van der Waals surface area (Å²) in [4.78, 5) is 25.8. The summed E-state index contributed by atoms with van der Waals surface area (Å²) in [5.74, 6) is -0.331. The van der Waals surface area contributed by atoms with Crippen LogP contribution in [-0.4, -0.2) is 63.3 Å². The van der Waals surface area contributed by atoms with E-state index in [9.17, 15) is 18.0 Å². The fourth-order valence-electron chi connectivity index (χ4n) is 3.26. The molecule has 0 saturated carbocycles. The van der Waals surface area contributed by atoms with Gasteiger partial charge in [-0.25, -0.2) is 17.5 Å². The van der Waals surface area contributed by atoms with E-state index in [0.717, 1.165) is 5.69 Å². The van der Waals surface area contributed by atoms with Crippen molar-refractivity contribution >= 4 is 27.7 Å². The van der Waals surface area contributed by atoms with E-state index in [0.29, 0.717) is 32.5 Å². The summed E-state index contributed by atoms with van der Waals surface area (Å²) in [6.45, 7) is 1.35. The average molecular weight is 381 g/mol. The number of nitrogens with one attached hydrogen (secondary N) is 1. The van der Waals surface area contributed by atoms with Gasteiger partial charge in [-0.3, -0.25) is 9.69 Å². The molecule has 0 aromatic heterocycles. The van der Waals surface area contributed by atoms with Gasteiger partial charge < -0.3 is 10.1 Å². The molecule has 8 nitrogen and oxygen atoms in total. The highest BCUT2D eigenvalue weighted by Crippen LogP contribution is 2.22. The third-order valence-corrected chi connectivity index (χ3v) is 6.04. The fourth-order valence-corrected chi connectivity index (χ4v) is 4.13. The van der Waals surface area contributed by atoms with E-state index in [1.165, 1.54) is 10.6 Å². The number of carbonyl (C=O) groups is 2. The maximum atomic E-state index is 12.3. The lowest BCUT2D eigenvalue weighted by molar-refractivity contribution is -0.126. The Morgan fingerprint density at radius 3 is 2.50 bits per heavy atom. The quantitative estimate of drug-likeness (QED) is 0.814. The highest BCUT2D eigenvalue weighted by molar-refractivity contribution is 7.88. The number of hydrogen-bond donors (Lipinski definition) is 1. The number of hydrogen-bond acceptors (Lipinski definition) is 5. The number of benzene rings is 1. The summed E-state index contributed by atoms with van der Waals surface area (Å²) in [6, 6.07) is 9.23. The summed E-state index contributed by atoms with van der Waals surface area (Å²) in [5.41, 5.74) is 0.763. The van der Waals surface area contributed by atoms with E-state index in [1.54, 1.807) is 4.90 Å². The molecule has 0 spiro atoms. The molecule has 1 unspecified atom stereocenters. The van der Waals surface area contributed by atoms with Crippen LogP contribution in [-0.2, 0) is 19.6 Å². The molecule has 142 valence electrons. The van der Waals surface area contributed by atoms with E-state index in [1.807, 2.05) is 30.3 Å². The van der Waals surface area contributed by atoms with Crippen LogP contribution in [0, 0.1) is 5.92 Å². The van der Waals surface area contributed by atoms with Crippen molar-refractivity contribution in [3.8, 4) is 0 Å². The number of piperidine rings is 1. The molecule has 2 heterocycles. The van der Waals surface area contributed by atoms with Gasteiger partial charge in [0.25, 0.3) is 0 Å². The molecule has 0 aliphatic carbocycles. The SMILES string of the molecule is CS(=O)(=O)N1CCC(C(=O)NCC2CN(c3ccccc3)C(=O)O2)CC1. The van der Waals surface area contributed by atoms with Crippen molar-refractivity contribution in [1.29, 1.82) is 0 Å². The summed E-state index contributed by atoms with van der Waals surface area (Å²) in [7, 11) is -3.20. The van der Waals surface area contributed by atoms with Crippen LogP contribution in [0.2, 0.25) is 0 Å². The third-order valence-electron chi connectivity index (χ3n) is 4.74. The lowest BCUT2D eigenvalue weighted by Gasteiger charge is -2.29. The Hall–Kier alpha value is -2.13. The first-order chi connectivity index (χ1) is 12.3. The maximum absolute atomic E-state index is 12.3. The van der Waals surface area contributed by atoms with Crippen molar-refractivity contribution in [2.45, 2.75) is 18.9 Å². The number of carbonyl (C=O) groups excluding carboxylic acids is 2. The molecule has 1 N–H and O–H groups in total. The Balaban J connectivity index is 1.46. The monoisotopic (exact) mass is 381 g/mol. The van der Waals surface area contributed by atoms with Crippen LogP contribution in [0.25, 0.3) is 0 Å². The number of rotatable bonds is 5. The van der Waals surface area contributed by atoms with Crippen LogP contribution >= 0.6 is 0 Å². The van der Waals surface area contributed by atoms with Gasteiger partial charge in [-0.05, 0) is 25.0 Å². The van der Waals surface area contributed by atoms with Crippen molar-refractivity contribution in [1.82, 2.24) is 9.62 Å². The van der Waals surface area contributed by atoms with Gasteiger partial charge in [-0.1, -0.05) is 18.2 Å². The van der Waals surface area contributed by atoms with Crippen molar-refractivity contribution < 1.29 is 22.7 Å². The van der Waals surface area contributed by atoms with Crippen molar-refractivity contribution in [3.05, 3.63) is 30.3 Å². The van der Waals surface area contributed by atoms with E-state index in [4.69, 9.17) is 4.74 Å². The first-order valence-electron chi connectivity index (χ1n) is 8.60. The van der Waals surface area contributed by atoms with E-state index in [2.05, 4.69) is 5.32 Å². The number of nitrogens with zero attached hydrogens (tertiary/aromatic N) is 2. The lowest BCUT2D eigenvalue weighted by atomic mass is 9.97. The topological polar surface area (TPSA) is 96.0 Å². The zero-order valence-corrected chi connectivity index (χ0v) is 15.4. The minimum Gasteiger partial charge on any atom is -0.442 e.